The molecule has 1 aromatic carbocycles. The van der Waals surface area contributed by atoms with Crippen molar-refractivity contribution in [2.75, 3.05) is 26.2 Å². The maximum Gasteiger partial charge on any atom is 0.324 e. The SMILES string of the molecule is O=C(CCNS(=O)(=O)c1cccc(Cl)c1)N1CC(N2C(=O)CNC2=O)C1. The van der Waals surface area contributed by atoms with Crippen LogP contribution in [-0.4, -0.2) is 68.3 Å². The summed E-state index contributed by atoms with van der Waals surface area (Å²) in [7, 11) is -3.74. The van der Waals surface area contributed by atoms with E-state index in [9.17, 15) is 22.8 Å². The summed E-state index contributed by atoms with van der Waals surface area (Å²) in [6, 6.07) is 5.06. The smallest absolute Gasteiger partial charge is 0.324 e. The maximum absolute atomic E-state index is 12.1. The molecule has 2 N–H and O–H groups in total. The quantitative estimate of drug-likeness (QED) is 0.640. The summed E-state index contributed by atoms with van der Waals surface area (Å²) in [5.41, 5.74) is 0. The molecule has 0 aliphatic carbocycles. The van der Waals surface area contributed by atoms with E-state index in [1.54, 1.807) is 6.07 Å². The molecule has 3 rings (SSSR count). The van der Waals surface area contributed by atoms with E-state index in [1.165, 1.54) is 23.1 Å². The molecule has 4 amide bonds. The number of carbonyl (C=O) groups excluding carboxylic acids is 3. The second-order valence-corrected chi connectivity index (χ2v) is 8.18. The van der Waals surface area contributed by atoms with Crippen LogP contribution in [0.25, 0.3) is 0 Å². The Labute approximate surface area is 155 Å². The summed E-state index contributed by atoms with van der Waals surface area (Å²) < 4.78 is 26.6. The largest absolute Gasteiger partial charge is 0.338 e. The van der Waals surface area contributed by atoms with Gasteiger partial charge in [0.05, 0.1) is 17.5 Å². The van der Waals surface area contributed by atoms with E-state index >= 15 is 0 Å². The van der Waals surface area contributed by atoms with Crippen LogP contribution >= 0.6 is 11.6 Å². The zero-order chi connectivity index (χ0) is 18.9. The van der Waals surface area contributed by atoms with E-state index in [-0.39, 0.29) is 55.4 Å². The highest BCUT2D eigenvalue weighted by Gasteiger charge is 2.42. The molecule has 0 atom stereocenters. The minimum atomic E-state index is -3.74. The van der Waals surface area contributed by atoms with E-state index in [0.717, 1.165) is 4.90 Å². The molecule has 2 aliphatic heterocycles. The van der Waals surface area contributed by atoms with Gasteiger partial charge < -0.3 is 10.2 Å². The molecule has 0 bridgehead atoms. The fourth-order valence-electron chi connectivity index (χ4n) is 2.79. The summed E-state index contributed by atoms with van der Waals surface area (Å²) in [6.45, 7) is 0.449. The van der Waals surface area contributed by atoms with E-state index in [0.29, 0.717) is 5.02 Å². The van der Waals surface area contributed by atoms with Crippen LogP contribution in [0.1, 0.15) is 6.42 Å². The van der Waals surface area contributed by atoms with E-state index in [1.807, 2.05) is 0 Å². The molecule has 1 aromatic rings. The van der Waals surface area contributed by atoms with Gasteiger partial charge in [0.2, 0.25) is 21.8 Å². The fourth-order valence-corrected chi connectivity index (χ4v) is 4.13. The van der Waals surface area contributed by atoms with Gasteiger partial charge in [0.25, 0.3) is 0 Å². The zero-order valence-corrected chi connectivity index (χ0v) is 15.2. The van der Waals surface area contributed by atoms with E-state index < -0.39 is 16.1 Å². The van der Waals surface area contributed by atoms with Crippen molar-refractivity contribution in [1.82, 2.24) is 19.8 Å². The second kappa shape index (κ2) is 7.22. The number of carbonyl (C=O) groups is 3. The third-order valence-electron chi connectivity index (χ3n) is 4.20. The van der Waals surface area contributed by atoms with Crippen LogP contribution in [0, 0.1) is 0 Å². The monoisotopic (exact) mass is 400 g/mol. The first kappa shape index (κ1) is 18.6. The normalized spacial score (nSPS) is 18.0. The number of nitrogens with one attached hydrogen (secondary N) is 2. The summed E-state index contributed by atoms with van der Waals surface area (Å²) in [5, 5.41) is 2.73. The highest BCUT2D eigenvalue weighted by Crippen LogP contribution is 2.19. The molecule has 2 saturated heterocycles. The van der Waals surface area contributed by atoms with Crippen LogP contribution < -0.4 is 10.0 Å². The first-order valence-electron chi connectivity index (χ1n) is 7.91. The number of rotatable bonds is 6. The van der Waals surface area contributed by atoms with Gasteiger partial charge in [-0.25, -0.2) is 17.9 Å². The van der Waals surface area contributed by atoms with Crippen molar-refractivity contribution < 1.29 is 22.8 Å². The van der Waals surface area contributed by atoms with Crippen molar-refractivity contribution in [2.45, 2.75) is 17.4 Å². The van der Waals surface area contributed by atoms with E-state index in [4.69, 9.17) is 11.6 Å². The Balaban J connectivity index is 1.45. The molecule has 0 spiro atoms. The molecular weight excluding hydrogens is 384 g/mol. The molecule has 2 heterocycles. The number of urea groups is 1. The first-order valence-corrected chi connectivity index (χ1v) is 9.77. The number of likely N-dealkylation sites (tertiary alicyclic amines) is 1. The van der Waals surface area contributed by atoms with Crippen LogP contribution in [0.2, 0.25) is 5.02 Å². The molecular formula is C15H17ClN4O5S. The Morgan fingerprint density at radius 1 is 1.31 bits per heavy atom. The highest BCUT2D eigenvalue weighted by atomic mass is 35.5. The van der Waals surface area contributed by atoms with Gasteiger partial charge in [0.1, 0.15) is 0 Å². The molecule has 0 radical (unpaired) electrons. The van der Waals surface area contributed by atoms with Crippen LogP contribution in [-0.2, 0) is 19.6 Å². The van der Waals surface area contributed by atoms with Gasteiger partial charge in [-0.1, -0.05) is 17.7 Å². The minimum Gasteiger partial charge on any atom is -0.338 e. The molecule has 2 fully saturated rings. The average molecular weight is 401 g/mol. The van der Waals surface area contributed by atoms with Gasteiger partial charge in [-0.05, 0) is 18.2 Å². The zero-order valence-electron chi connectivity index (χ0n) is 13.6. The Morgan fingerprint density at radius 3 is 2.65 bits per heavy atom. The van der Waals surface area contributed by atoms with Gasteiger partial charge in [-0.2, -0.15) is 0 Å². The van der Waals surface area contributed by atoms with Crippen molar-refractivity contribution in [3.05, 3.63) is 29.3 Å². The van der Waals surface area contributed by atoms with Gasteiger partial charge >= 0.3 is 6.03 Å². The number of benzene rings is 1. The van der Waals surface area contributed by atoms with Gasteiger partial charge in [-0.3, -0.25) is 14.5 Å². The standard InChI is InChI=1S/C15H17ClN4O5S/c16-10-2-1-3-12(6-10)26(24,25)18-5-4-13(21)19-8-11(9-19)20-14(22)7-17-15(20)23/h1-3,6,11,18H,4-5,7-9H2,(H,17,23). The average Bonchev–Trinajstić information content (AvgIpc) is 2.86. The molecule has 140 valence electrons. The van der Waals surface area contributed by atoms with Crippen LogP contribution in [0.4, 0.5) is 4.79 Å². The number of sulfonamides is 1. The summed E-state index contributed by atoms with van der Waals surface area (Å²) in [5.74, 6) is -0.552. The lowest BCUT2D eigenvalue weighted by atomic mass is 10.1. The molecule has 11 heteroatoms. The number of halogens is 1. The van der Waals surface area contributed by atoms with Crippen molar-refractivity contribution in [3.63, 3.8) is 0 Å². The lowest BCUT2D eigenvalue weighted by Crippen LogP contribution is -2.62. The van der Waals surface area contributed by atoms with Crippen molar-refractivity contribution in [2.24, 2.45) is 0 Å². The topological polar surface area (TPSA) is 116 Å². The number of imide groups is 1. The minimum absolute atomic E-state index is 0.0193. The van der Waals surface area contributed by atoms with E-state index in [2.05, 4.69) is 10.0 Å². The predicted octanol–water partition coefficient (Wildman–Crippen LogP) is -0.229. The maximum atomic E-state index is 12.1. The number of nitrogens with zero attached hydrogens (tertiary/aromatic N) is 2. The molecule has 0 aromatic heterocycles. The van der Waals surface area contributed by atoms with Gasteiger partial charge in [0, 0.05) is 31.1 Å². The van der Waals surface area contributed by atoms with Crippen LogP contribution in [0.5, 0.6) is 0 Å². The molecule has 26 heavy (non-hydrogen) atoms. The Kier molecular flexibility index (Phi) is 5.17. The molecule has 2 aliphatic rings. The Hall–Kier alpha value is -2.17. The van der Waals surface area contributed by atoms with Gasteiger partial charge in [0.15, 0.2) is 0 Å². The van der Waals surface area contributed by atoms with Crippen molar-refractivity contribution in [1.29, 1.82) is 0 Å². The van der Waals surface area contributed by atoms with Crippen molar-refractivity contribution in [3.8, 4) is 0 Å². The second-order valence-electron chi connectivity index (χ2n) is 5.98. The number of amides is 4. The summed E-state index contributed by atoms with van der Waals surface area (Å²) in [6.07, 6.45) is -0.0212. The number of hydrogen-bond acceptors (Lipinski definition) is 5. The molecule has 9 nitrogen and oxygen atoms in total. The lowest BCUT2D eigenvalue weighted by molar-refractivity contribution is -0.141. The van der Waals surface area contributed by atoms with Crippen LogP contribution in [0.3, 0.4) is 0 Å². The highest BCUT2D eigenvalue weighted by molar-refractivity contribution is 7.89. The number of hydrogen-bond donors (Lipinski definition) is 2. The Morgan fingerprint density at radius 2 is 2.04 bits per heavy atom. The fraction of sp³-hybridized carbons (Fsp3) is 0.400. The Bertz CT molecular complexity index is 837. The third kappa shape index (κ3) is 3.81. The van der Waals surface area contributed by atoms with Crippen LogP contribution in [0.15, 0.2) is 29.2 Å². The molecule has 0 saturated carbocycles. The summed E-state index contributed by atoms with van der Waals surface area (Å²) >= 11 is 5.78. The third-order valence-corrected chi connectivity index (χ3v) is 5.89. The van der Waals surface area contributed by atoms with Crippen molar-refractivity contribution >= 4 is 39.5 Å². The summed E-state index contributed by atoms with van der Waals surface area (Å²) in [4.78, 5) is 37.9. The predicted molar refractivity (Wildman–Crippen MR) is 91.9 cm³/mol. The molecule has 0 unspecified atom stereocenters. The first-order chi connectivity index (χ1) is 12.3. The lowest BCUT2D eigenvalue weighted by Gasteiger charge is -2.42. The van der Waals surface area contributed by atoms with Gasteiger partial charge in [-0.15, -0.1) is 0 Å².